The summed E-state index contributed by atoms with van der Waals surface area (Å²) >= 11 is 0. The molecule has 3 rings (SSSR count). The fourth-order valence-electron chi connectivity index (χ4n) is 2.84. The molecule has 5 nitrogen and oxygen atoms in total. The zero-order valence-electron chi connectivity index (χ0n) is 14.1. The number of carbonyl (C=O) groups is 1. The first kappa shape index (κ1) is 17.0. The molecule has 1 atom stereocenters. The van der Waals surface area contributed by atoms with Gasteiger partial charge in [0.2, 0.25) is 0 Å². The number of halogens is 1. The molecule has 2 aromatic heterocycles. The highest BCUT2D eigenvalue weighted by molar-refractivity contribution is 6.11. The van der Waals surface area contributed by atoms with Gasteiger partial charge in [0, 0.05) is 29.7 Å². The van der Waals surface area contributed by atoms with Crippen LogP contribution in [0.2, 0.25) is 0 Å². The number of benzene rings is 1. The quantitative estimate of drug-likeness (QED) is 0.765. The first-order chi connectivity index (χ1) is 12.0. The Morgan fingerprint density at radius 1 is 1.32 bits per heavy atom. The molecular formula is C19H19FN4O. The lowest BCUT2D eigenvalue weighted by Gasteiger charge is -2.18. The Balaban J connectivity index is 2.46. The molecule has 3 aromatic rings. The van der Waals surface area contributed by atoms with Crippen LogP contribution >= 0.6 is 0 Å². The summed E-state index contributed by atoms with van der Waals surface area (Å²) in [5.41, 5.74) is 8.66. The molecule has 0 bridgehead atoms. The van der Waals surface area contributed by atoms with Crippen molar-refractivity contribution >= 4 is 16.8 Å². The molecule has 0 spiro atoms. The third-order valence-corrected chi connectivity index (χ3v) is 3.89. The summed E-state index contributed by atoms with van der Waals surface area (Å²) in [6, 6.07) is 9.18. The largest absolute Gasteiger partial charge is 0.352 e. The lowest BCUT2D eigenvalue weighted by Crippen LogP contribution is -2.25. The maximum Gasteiger partial charge on any atom is 0.252 e. The minimum atomic E-state index is -0.430. The summed E-state index contributed by atoms with van der Waals surface area (Å²) in [7, 11) is 0. The average Bonchev–Trinajstić information content (AvgIpc) is 2.60. The van der Waals surface area contributed by atoms with Gasteiger partial charge in [-0.1, -0.05) is 6.07 Å². The van der Waals surface area contributed by atoms with Crippen LogP contribution in [0.25, 0.3) is 22.2 Å². The van der Waals surface area contributed by atoms with E-state index >= 15 is 0 Å². The van der Waals surface area contributed by atoms with Crippen molar-refractivity contribution < 1.29 is 9.18 Å². The monoisotopic (exact) mass is 338 g/mol. The highest BCUT2D eigenvalue weighted by Crippen LogP contribution is 2.33. The summed E-state index contributed by atoms with van der Waals surface area (Å²) in [4.78, 5) is 21.7. The molecule has 1 amide bonds. The molecule has 3 N–H and O–H groups in total. The van der Waals surface area contributed by atoms with Gasteiger partial charge in [0.15, 0.2) is 0 Å². The molecule has 0 saturated carbocycles. The first-order valence-electron chi connectivity index (χ1n) is 8.11. The van der Waals surface area contributed by atoms with E-state index in [-0.39, 0.29) is 5.91 Å². The highest BCUT2D eigenvalue weighted by atomic mass is 19.1. The van der Waals surface area contributed by atoms with Gasteiger partial charge in [0.1, 0.15) is 5.82 Å². The second-order valence-electron chi connectivity index (χ2n) is 5.77. The lowest BCUT2D eigenvalue weighted by molar-refractivity contribution is 0.0958. The summed E-state index contributed by atoms with van der Waals surface area (Å²) < 4.78 is 13.9. The number of amides is 1. The van der Waals surface area contributed by atoms with Crippen molar-refractivity contribution in [2.45, 2.75) is 19.9 Å². The molecule has 1 aromatic carbocycles. The van der Waals surface area contributed by atoms with Gasteiger partial charge >= 0.3 is 0 Å². The predicted octanol–water partition coefficient (Wildman–Crippen LogP) is 3.21. The summed E-state index contributed by atoms with van der Waals surface area (Å²) in [5.74, 6) is -0.733. The molecule has 0 aliphatic rings. The van der Waals surface area contributed by atoms with E-state index in [1.807, 2.05) is 13.0 Å². The Bertz CT molecular complexity index is 926. The van der Waals surface area contributed by atoms with Gasteiger partial charge in [-0.3, -0.25) is 14.8 Å². The smallest absolute Gasteiger partial charge is 0.252 e. The van der Waals surface area contributed by atoms with E-state index in [0.29, 0.717) is 40.0 Å². The van der Waals surface area contributed by atoms with Crippen molar-refractivity contribution in [1.82, 2.24) is 15.3 Å². The number of rotatable bonds is 4. The Labute approximate surface area is 145 Å². The van der Waals surface area contributed by atoms with E-state index < -0.39 is 11.9 Å². The van der Waals surface area contributed by atoms with Gasteiger partial charge in [-0.2, -0.15) is 0 Å². The van der Waals surface area contributed by atoms with Crippen molar-refractivity contribution in [3.63, 3.8) is 0 Å². The topological polar surface area (TPSA) is 80.9 Å². The van der Waals surface area contributed by atoms with Crippen molar-refractivity contribution in [2.24, 2.45) is 5.73 Å². The Hall–Kier alpha value is -2.86. The van der Waals surface area contributed by atoms with Gasteiger partial charge in [-0.05, 0) is 44.2 Å². The molecule has 128 valence electrons. The average molecular weight is 338 g/mol. The van der Waals surface area contributed by atoms with Gasteiger partial charge in [-0.25, -0.2) is 4.39 Å². The van der Waals surface area contributed by atoms with E-state index in [0.717, 1.165) is 0 Å². The number of carbonyl (C=O) groups excluding carboxylic acids is 1. The molecule has 0 aliphatic carbocycles. The van der Waals surface area contributed by atoms with Crippen LogP contribution < -0.4 is 11.1 Å². The zero-order valence-corrected chi connectivity index (χ0v) is 14.1. The van der Waals surface area contributed by atoms with E-state index in [1.54, 1.807) is 31.3 Å². The van der Waals surface area contributed by atoms with Crippen LogP contribution in [0.15, 0.2) is 42.6 Å². The fourth-order valence-corrected chi connectivity index (χ4v) is 2.84. The van der Waals surface area contributed by atoms with Crippen molar-refractivity contribution in [2.75, 3.05) is 6.54 Å². The van der Waals surface area contributed by atoms with Gasteiger partial charge in [-0.15, -0.1) is 0 Å². The number of nitrogens with zero attached hydrogens (tertiary/aromatic N) is 2. The minimum Gasteiger partial charge on any atom is -0.352 e. The third kappa shape index (κ3) is 3.21. The van der Waals surface area contributed by atoms with Crippen LogP contribution in [-0.4, -0.2) is 22.4 Å². The lowest BCUT2D eigenvalue weighted by atomic mass is 9.94. The van der Waals surface area contributed by atoms with Crippen LogP contribution in [0.5, 0.6) is 0 Å². The van der Waals surface area contributed by atoms with Crippen LogP contribution in [0.3, 0.4) is 0 Å². The van der Waals surface area contributed by atoms with Crippen LogP contribution in [0, 0.1) is 5.82 Å². The van der Waals surface area contributed by atoms with E-state index in [1.165, 1.54) is 12.1 Å². The molecule has 25 heavy (non-hydrogen) atoms. The molecule has 1 unspecified atom stereocenters. The normalized spacial score (nSPS) is 12.2. The van der Waals surface area contributed by atoms with E-state index in [9.17, 15) is 9.18 Å². The summed E-state index contributed by atoms with van der Waals surface area (Å²) in [6.45, 7) is 4.08. The number of nitrogens with one attached hydrogen (secondary N) is 1. The molecule has 6 heteroatoms. The number of hydrogen-bond acceptors (Lipinski definition) is 4. The second kappa shape index (κ2) is 6.94. The molecule has 2 heterocycles. The summed E-state index contributed by atoms with van der Waals surface area (Å²) in [5, 5.41) is 3.23. The van der Waals surface area contributed by atoms with Crippen molar-refractivity contribution in [1.29, 1.82) is 0 Å². The van der Waals surface area contributed by atoms with Gasteiger partial charge in [0.25, 0.3) is 5.91 Å². The maximum absolute atomic E-state index is 13.9. The number of fused-ring (bicyclic) bond motifs is 1. The van der Waals surface area contributed by atoms with Gasteiger partial charge < -0.3 is 11.1 Å². The van der Waals surface area contributed by atoms with Crippen molar-refractivity contribution in [3.05, 3.63) is 59.7 Å². The number of aromatic nitrogens is 2. The van der Waals surface area contributed by atoms with Crippen molar-refractivity contribution in [3.8, 4) is 11.3 Å². The van der Waals surface area contributed by atoms with Gasteiger partial charge in [0.05, 0.1) is 22.5 Å². The number of hydrogen-bond donors (Lipinski definition) is 2. The molecule has 0 saturated heterocycles. The maximum atomic E-state index is 13.9. The van der Waals surface area contributed by atoms with Crippen LogP contribution in [0.4, 0.5) is 4.39 Å². The Morgan fingerprint density at radius 2 is 2.12 bits per heavy atom. The fraction of sp³-hybridized carbons (Fsp3) is 0.211. The molecular weight excluding hydrogens is 319 g/mol. The molecule has 0 fully saturated rings. The van der Waals surface area contributed by atoms with Crippen LogP contribution in [0.1, 0.15) is 35.9 Å². The predicted molar refractivity (Wildman–Crippen MR) is 95.5 cm³/mol. The number of nitrogens with two attached hydrogens (primary N) is 1. The highest BCUT2D eigenvalue weighted by Gasteiger charge is 2.24. The second-order valence-corrected chi connectivity index (χ2v) is 5.77. The van der Waals surface area contributed by atoms with E-state index in [2.05, 4.69) is 15.3 Å². The SMILES string of the molecule is CCNC(=O)c1c(-c2ccccn2)c(C(C)N)nc2ccc(F)cc12. The molecule has 0 radical (unpaired) electrons. The first-order valence-corrected chi connectivity index (χ1v) is 8.11. The Kier molecular flexibility index (Phi) is 4.72. The molecule has 0 aliphatic heterocycles. The third-order valence-electron chi connectivity index (χ3n) is 3.89. The van der Waals surface area contributed by atoms with Crippen LogP contribution in [-0.2, 0) is 0 Å². The number of pyridine rings is 2. The Morgan fingerprint density at radius 3 is 2.76 bits per heavy atom. The zero-order chi connectivity index (χ0) is 18.0. The minimum absolute atomic E-state index is 0.303. The standard InChI is InChI=1S/C19H19FN4O/c1-3-22-19(25)16-13-10-12(20)7-8-14(13)24-18(11(2)21)17(16)15-6-4-5-9-23-15/h4-11H,3,21H2,1-2H3,(H,22,25). The summed E-state index contributed by atoms with van der Waals surface area (Å²) in [6.07, 6.45) is 1.64. The van der Waals surface area contributed by atoms with E-state index in [4.69, 9.17) is 5.73 Å².